The average Bonchev–Trinajstić information content (AvgIpc) is 2.26. The van der Waals surface area contributed by atoms with Gasteiger partial charge in [-0.3, -0.25) is 4.79 Å². The van der Waals surface area contributed by atoms with Gasteiger partial charge in [-0.15, -0.1) is 0 Å². The van der Waals surface area contributed by atoms with Gasteiger partial charge in [-0.2, -0.15) is 0 Å². The van der Waals surface area contributed by atoms with E-state index in [0.717, 1.165) is 6.42 Å². The largest absolute Gasteiger partial charge is 1.00 e. The van der Waals surface area contributed by atoms with Crippen molar-refractivity contribution in [3.05, 3.63) is 0 Å². The second kappa shape index (κ2) is 15.5. The molecule has 0 aromatic carbocycles. The predicted octanol–water partition coefficient (Wildman–Crippen LogP) is 1.55. The summed E-state index contributed by atoms with van der Waals surface area (Å²) in [5.41, 5.74) is 0. The van der Waals surface area contributed by atoms with Gasteiger partial charge in [0.05, 0.1) is 0 Å². The molecule has 0 unspecified atom stereocenters. The molecule has 0 aromatic heterocycles. The Kier molecular flexibility index (Phi) is 17.9. The van der Waals surface area contributed by atoms with Gasteiger partial charge in [0.1, 0.15) is 0 Å². The van der Waals surface area contributed by atoms with Crippen molar-refractivity contribution in [2.45, 2.75) is 91.0 Å². The van der Waals surface area contributed by atoms with Crippen LogP contribution < -0.4 is 34.9 Å². The first-order valence-electron chi connectivity index (χ1n) is 7.46. The van der Waals surface area contributed by atoms with E-state index in [4.69, 9.17) is 0 Å². The van der Waals surface area contributed by atoms with Crippen LogP contribution in [0.25, 0.3) is 0 Å². The summed E-state index contributed by atoms with van der Waals surface area (Å²) in [6.07, 6.45) is 12.5. The third-order valence-corrected chi connectivity index (χ3v) is 2.96. The fourth-order valence-corrected chi connectivity index (χ4v) is 1.99. The molecule has 2 nitrogen and oxygen atoms in total. The number of hydrogen-bond acceptors (Lipinski definition) is 1. The Balaban J connectivity index is -0.00000128. The molecule has 0 aliphatic heterocycles. The average molecular weight is 265 g/mol. The Hall–Kier alpha value is 0.470. The summed E-state index contributed by atoms with van der Waals surface area (Å²) < 4.78 is 0. The molecule has 0 atom stereocenters. The molecule has 104 valence electrons. The SMILES string of the molecule is CCCCCCCCCCCC(=O)NC(C)C.[H-].[Na+]. The maximum Gasteiger partial charge on any atom is 1.00 e. The minimum atomic E-state index is 0. The molecule has 0 aliphatic carbocycles. The molecule has 0 radical (unpaired) electrons. The molecule has 3 heteroatoms. The van der Waals surface area contributed by atoms with Crippen LogP contribution in [0.1, 0.15) is 86.4 Å². The smallest absolute Gasteiger partial charge is 1.00 e. The Morgan fingerprint density at radius 1 is 0.944 bits per heavy atom. The van der Waals surface area contributed by atoms with E-state index in [-0.39, 0.29) is 42.9 Å². The van der Waals surface area contributed by atoms with Crippen molar-refractivity contribution >= 4 is 5.91 Å². The quantitative estimate of drug-likeness (QED) is 0.446. The number of carbonyl (C=O) groups excluding carboxylic acids is 1. The standard InChI is InChI=1S/C15H31NO.Na.H/c1-4-5-6-7-8-9-10-11-12-13-15(17)16-14(2)3;;/h14H,4-13H2,1-3H3,(H,16,17);;/q;+1;-1. The minimum absolute atomic E-state index is 0. The molecule has 0 saturated carbocycles. The molecule has 0 aromatic rings. The fraction of sp³-hybridized carbons (Fsp3) is 0.933. The topological polar surface area (TPSA) is 29.1 Å². The van der Waals surface area contributed by atoms with Crippen molar-refractivity contribution in [2.75, 3.05) is 0 Å². The van der Waals surface area contributed by atoms with E-state index in [1.54, 1.807) is 0 Å². The molecule has 18 heavy (non-hydrogen) atoms. The normalized spacial score (nSPS) is 10.2. The third kappa shape index (κ3) is 16.5. The fourth-order valence-electron chi connectivity index (χ4n) is 1.99. The second-order valence-electron chi connectivity index (χ2n) is 5.30. The van der Waals surface area contributed by atoms with Crippen LogP contribution in [0.15, 0.2) is 0 Å². The van der Waals surface area contributed by atoms with Gasteiger partial charge in [0.25, 0.3) is 0 Å². The first-order valence-corrected chi connectivity index (χ1v) is 7.46. The molecule has 1 N–H and O–H groups in total. The molecule has 0 rings (SSSR count). The maximum absolute atomic E-state index is 11.3. The van der Waals surface area contributed by atoms with Crippen molar-refractivity contribution < 1.29 is 35.8 Å². The summed E-state index contributed by atoms with van der Waals surface area (Å²) in [4.78, 5) is 11.3. The minimum Gasteiger partial charge on any atom is -1.00 e. The van der Waals surface area contributed by atoms with E-state index in [9.17, 15) is 4.79 Å². The predicted molar refractivity (Wildman–Crippen MR) is 76.2 cm³/mol. The van der Waals surface area contributed by atoms with Gasteiger partial charge >= 0.3 is 29.6 Å². The first kappa shape index (κ1) is 20.8. The van der Waals surface area contributed by atoms with Gasteiger partial charge in [-0.25, -0.2) is 0 Å². The van der Waals surface area contributed by atoms with Gasteiger partial charge in [0.2, 0.25) is 5.91 Å². The molecule has 0 spiro atoms. The zero-order valence-electron chi connectivity index (χ0n) is 14.1. The summed E-state index contributed by atoms with van der Waals surface area (Å²) in [6.45, 7) is 6.27. The van der Waals surface area contributed by atoms with Crippen molar-refractivity contribution in [1.29, 1.82) is 0 Å². The van der Waals surface area contributed by atoms with Gasteiger partial charge in [-0.1, -0.05) is 58.3 Å². The Labute approximate surface area is 137 Å². The molecule has 0 fully saturated rings. The first-order chi connectivity index (χ1) is 8.16. The van der Waals surface area contributed by atoms with Gasteiger partial charge in [-0.05, 0) is 20.3 Å². The van der Waals surface area contributed by atoms with Crippen LogP contribution in [0.3, 0.4) is 0 Å². The zero-order chi connectivity index (χ0) is 12.9. The zero-order valence-corrected chi connectivity index (χ0v) is 15.1. The molecular weight excluding hydrogens is 233 g/mol. The number of carbonyl (C=O) groups is 1. The Morgan fingerprint density at radius 2 is 1.39 bits per heavy atom. The maximum atomic E-state index is 11.3. The summed E-state index contributed by atoms with van der Waals surface area (Å²) in [7, 11) is 0. The van der Waals surface area contributed by atoms with Crippen LogP contribution in [-0.2, 0) is 4.79 Å². The third-order valence-electron chi connectivity index (χ3n) is 2.96. The van der Waals surface area contributed by atoms with Crippen LogP contribution in [-0.4, -0.2) is 11.9 Å². The van der Waals surface area contributed by atoms with Crippen LogP contribution in [0.5, 0.6) is 0 Å². The van der Waals surface area contributed by atoms with Gasteiger partial charge < -0.3 is 6.74 Å². The van der Waals surface area contributed by atoms with Crippen molar-refractivity contribution in [3.8, 4) is 0 Å². The summed E-state index contributed by atoms with van der Waals surface area (Å²) in [5.74, 6) is 0.211. The summed E-state index contributed by atoms with van der Waals surface area (Å²) >= 11 is 0. The Morgan fingerprint density at radius 3 is 1.83 bits per heavy atom. The van der Waals surface area contributed by atoms with E-state index in [0.29, 0.717) is 6.42 Å². The van der Waals surface area contributed by atoms with Gasteiger partial charge in [0.15, 0.2) is 0 Å². The van der Waals surface area contributed by atoms with Crippen LogP contribution >= 0.6 is 0 Å². The molecule has 0 aliphatic rings. The van der Waals surface area contributed by atoms with Crippen molar-refractivity contribution in [1.82, 2.24) is 5.32 Å². The monoisotopic (exact) mass is 265 g/mol. The van der Waals surface area contributed by atoms with E-state index >= 15 is 0 Å². The van der Waals surface area contributed by atoms with E-state index in [1.165, 1.54) is 51.4 Å². The van der Waals surface area contributed by atoms with Crippen molar-refractivity contribution in [2.24, 2.45) is 0 Å². The number of hydrogen-bond donors (Lipinski definition) is 1. The summed E-state index contributed by atoms with van der Waals surface area (Å²) in [5, 5.41) is 2.93. The number of rotatable bonds is 11. The number of amides is 1. The molecular formula is C15H32NNaO. The summed E-state index contributed by atoms with van der Waals surface area (Å²) in [6, 6.07) is 0.279. The van der Waals surface area contributed by atoms with Crippen LogP contribution in [0, 0.1) is 0 Å². The second-order valence-corrected chi connectivity index (χ2v) is 5.30. The van der Waals surface area contributed by atoms with E-state index in [1.807, 2.05) is 13.8 Å². The van der Waals surface area contributed by atoms with Crippen molar-refractivity contribution in [3.63, 3.8) is 0 Å². The molecule has 0 heterocycles. The molecule has 1 amide bonds. The number of nitrogens with one attached hydrogen (secondary N) is 1. The van der Waals surface area contributed by atoms with E-state index in [2.05, 4.69) is 12.2 Å². The van der Waals surface area contributed by atoms with Crippen LogP contribution in [0.4, 0.5) is 0 Å². The molecule has 0 bridgehead atoms. The Bertz CT molecular complexity index is 189. The number of unbranched alkanes of at least 4 members (excludes halogenated alkanes) is 8. The van der Waals surface area contributed by atoms with Crippen LogP contribution in [0.2, 0.25) is 0 Å². The molecule has 0 saturated heterocycles. The van der Waals surface area contributed by atoms with E-state index < -0.39 is 0 Å². The van der Waals surface area contributed by atoms with Gasteiger partial charge in [0, 0.05) is 12.5 Å².